The first-order valence-corrected chi connectivity index (χ1v) is 6.87. The first-order valence-electron chi connectivity index (χ1n) is 6.87. The number of ether oxygens (including phenoxy) is 3. The smallest absolute Gasteiger partial charge is 0.306 e. The van der Waals surface area contributed by atoms with Crippen LogP contribution in [0.25, 0.3) is 0 Å². The molecule has 0 aliphatic carbocycles. The number of carbonyl (C=O) groups is 1. The van der Waals surface area contributed by atoms with Gasteiger partial charge in [0.25, 0.3) is 0 Å². The summed E-state index contributed by atoms with van der Waals surface area (Å²) in [5.74, 6) is 1.10. The van der Waals surface area contributed by atoms with E-state index in [0.717, 1.165) is 5.56 Å². The predicted molar refractivity (Wildman–Crippen MR) is 81.5 cm³/mol. The number of esters is 1. The van der Waals surface area contributed by atoms with E-state index in [1.165, 1.54) is 7.11 Å². The number of nitrogens with two attached hydrogens (primary N) is 1. The van der Waals surface area contributed by atoms with Crippen molar-refractivity contribution in [1.29, 1.82) is 0 Å². The number of carbonyl (C=O) groups excluding carboxylic acids is 1. The molecule has 0 radical (unpaired) electrons. The molecule has 1 rings (SSSR count). The zero-order valence-electron chi connectivity index (χ0n) is 13.4. The van der Waals surface area contributed by atoms with Crippen molar-refractivity contribution in [1.82, 2.24) is 0 Å². The maximum Gasteiger partial charge on any atom is 0.306 e. The van der Waals surface area contributed by atoms with Gasteiger partial charge in [-0.2, -0.15) is 0 Å². The normalized spacial score (nSPS) is 12.7. The first kappa shape index (κ1) is 17.3. The standard InChI is InChI=1S/C16H25NO4/c1-16(2,10-15(18)21-5)9-12(17)11-6-7-13(19-3)14(8-11)20-4/h6-8,12H,9-10,17H2,1-5H3. The number of benzene rings is 1. The summed E-state index contributed by atoms with van der Waals surface area (Å²) in [5.41, 5.74) is 6.98. The van der Waals surface area contributed by atoms with Gasteiger partial charge in [0.05, 0.1) is 27.8 Å². The van der Waals surface area contributed by atoms with Crippen molar-refractivity contribution in [3.63, 3.8) is 0 Å². The highest BCUT2D eigenvalue weighted by atomic mass is 16.5. The Morgan fingerprint density at radius 3 is 2.33 bits per heavy atom. The molecule has 118 valence electrons. The fourth-order valence-corrected chi connectivity index (χ4v) is 2.33. The van der Waals surface area contributed by atoms with Crippen LogP contribution in [0.1, 0.15) is 38.3 Å². The highest BCUT2D eigenvalue weighted by molar-refractivity contribution is 5.69. The van der Waals surface area contributed by atoms with E-state index in [0.29, 0.717) is 24.3 Å². The molecule has 0 spiro atoms. The lowest BCUT2D eigenvalue weighted by atomic mass is 9.81. The van der Waals surface area contributed by atoms with Gasteiger partial charge in [-0.3, -0.25) is 4.79 Å². The lowest BCUT2D eigenvalue weighted by Crippen LogP contribution is -2.24. The number of hydrogen-bond donors (Lipinski definition) is 1. The molecule has 0 heterocycles. The first-order chi connectivity index (χ1) is 9.82. The van der Waals surface area contributed by atoms with Gasteiger partial charge in [-0.05, 0) is 29.5 Å². The number of hydrogen-bond acceptors (Lipinski definition) is 5. The second kappa shape index (κ2) is 7.31. The van der Waals surface area contributed by atoms with Gasteiger partial charge in [-0.1, -0.05) is 19.9 Å². The Kier molecular flexibility index (Phi) is 6.03. The zero-order valence-corrected chi connectivity index (χ0v) is 13.4. The van der Waals surface area contributed by atoms with E-state index < -0.39 is 0 Å². The molecule has 5 heteroatoms. The minimum absolute atomic E-state index is 0.190. The van der Waals surface area contributed by atoms with Gasteiger partial charge >= 0.3 is 5.97 Å². The fourth-order valence-electron chi connectivity index (χ4n) is 2.33. The predicted octanol–water partition coefficient (Wildman–Crippen LogP) is 2.68. The molecule has 0 saturated heterocycles. The van der Waals surface area contributed by atoms with Crippen molar-refractivity contribution in [2.24, 2.45) is 11.1 Å². The Labute approximate surface area is 126 Å². The Hall–Kier alpha value is -1.75. The minimum atomic E-state index is -0.236. The lowest BCUT2D eigenvalue weighted by molar-refractivity contribution is -0.143. The van der Waals surface area contributed by atoms with Crippen LogP contribution < -0.4 is 15.2 Å². The molecule has 5 nitrogen and oxygen atoms in total. The largest absolute Gasteiger partial charge is 0.493 e. The number of methoxy groups -OCH3 is 3. The highest BCUT2D eigenvalue weighted by Crippen LogP contribution is 2.35. The highest BCUT2D eigenvalue weighted by Gasteiger charge is 2.26. The maximum absolute atomic E-state index is 11.4. The topological polar surface area (TPSA) is 70.8 Å². The van der Waals surface area contributed by atoms with E-state index in [9.17, 15) is 4.79 Å². The van der Waals surface area contributed by atoms with Gasteiger partial charge in [0, 0.05) is 6.04 Å². The van der Waals surface area contributed by atoms with E-state index in [4.69, 9.17) is 19.9 Å². The Balaban J connectivity index is 2.83. The van der Waals surface area contributed by atoms with E-state index in [2.05, 4.69) is 0 Å². The van der Waals surface area contributed by atoms with Crippen molar-refractivity contribution in [3.05, 3.63) is 23.8 Å². The van der Waals surface area contributed by atoms with Crippen molar-refractivity contribution in [3.8, 4) is 11.5 Å². The van der Waals surface area contributed by atoms with Gasteiger partial charge in [0.15, 0.2) is 11.5 Å². The van der Waals surface area contributed by atoms with Crippen LogP contribution in [0.15, 0.2) is 18.2 Å². The van der Waals surface area contributed by atoms with Gasteiger partial charge < -0.3 is 19.9 Å². The molecule has 0 bridgehead atoms. The molecule has 0 aromatic heterocycles. The van der Waals surface area contributed by atoms with E-state index in [1.54, 1.807) is 14.2 Å². The summed E-state index contributed by atoms with van der Waals surface area (Å²) in [6.07, 6.45) is 1.00. The van der Waals surface area contributed by atoms with Crippen LogP contribution in [0.2, 0.25) is 0 Å². The van der Waals surface area contributed by atoms with Crippen molar-refractivity contribution in [2.75, 3.05) is 21.3 Å². The molecule has 1 unspecified atom stereocenters. The SMILES string of the molecule is COC(=O)CC(C)(C)CC(N)c1ccc(OC)c(OC)c1. The van der Waals surface area contributed by atoms with E-state index in [-0.39, 0.29) is 17.4 Å². The molecule has 21 heavy (non-hydrogen) atoms. The third-order valence-corrected chi connectivity index (χ3v) is 3.46. The molecular formula is C16H25NO4. The zero-order chi connectivity index (χ0) is 16.0. The molecule has 0 fully saturated rings. The summed E-state index contributed by atoms with van der Waals surface area (Å²) in [6.45, 7) is 4.01. The molecule has 1 aromatic carbocycles. The average Bonchev–Trinajstić information content (AvgIpc) is 2.45. The van der Waals surface area contributed by atoms with Crippen LogP contribution in [0, 0.1) is 5.41 Å². The van der Waals surface area contributed by atoms with Crippen LogP contribution in [-0.2, 0) is 9.53 Å². The molecule has 1 aromatic rings. The average molecular weight is 295 g/mol. The molecular weight excluding hydrogens is 270 g/mol. The maximum atomic E-state index is 11.4. The van der Waals surface area contributed by atoms with Gasteiger partial charge in [0.2, 0.25) is 0 Å². The van der Waals surface area contributed by atoms with Crippen LogP contribution in [0.3, 0.4) is 0 Å². The Bertz CT molecular complexity index is 485. The number of rotatable bonds is 7. The van der Waals surface area contributed by atoms with Crippen molar-refractivity contribution in [2.45, 2.75) is 32.7 Å². The lowest BCUT2D eigenvalue weighted by Gasteiger charge is -2.27. The van der Waals surface area contributed by atoms with E-state index in [1.807, 2.05) is 32.0 Å². The Morgan fingerprint density at radius 1 is 1.19 bits per heavy atom. The third-order valence-electron chi connectivity index (χ3n) is 3.46. The molecule has 0 amide bonds. The van der Waals surface area contributed by atoms with Crippen LogP contribution in [0.5, 0.6) is 11.5 Å². The Morgan fingerprint density at radius 2 is 1.81 bits per heavy atom. The van der Waals surface area contributed by atoms with Crippen LogP contribution >= 0.6 is 0 Å². The molecule has 1 atom stereocenters. The van der Waals surface area contributed by atoms with Gasteiger partial charge in [-0.25, -0.2) is 0 Å². The van der Waals surface area contributed by atoms with Gasteiger partial charge in [-0.15, -0.1) is 0 Å². The quantitative estimate of drug-likeness (QED) is 0.783. The monoisotopic (exact) mass is 295 g/mol. The summed E-state index contributed by atoms with van der Waals surface area (Å²) < 4.78 is 15.2. The van der Waals surface area contributed by atoms with Crippen LogP contribution in [-0.4, -0.2) is 27.3 Å². The summed E-state index contributed by atoms with van der Waals surface area (Å²) >= 11 is 0. The second-order valence-electron chi connectivity index (χ2n) is 5.84. The van der Waals surface area contributed by atoms with Gasteiger partial charge in [0.1, 0.15) is 0 Å². The minimum Gasteiger partial charge on any atom is -0.493 e. The molecule has 2 N–H and O–H groups in total. The summed E-state index contributed by atoms with van der Waals surface area (Å²) in [4.78, 5) is 11.4. The van der Waals surface area contributed by atoms with Crippen LogP contribution in [0.4, 0.5) is 0 Å². The molecule has 0 aliphatic heterocycles. The van der Waals surface area contributed by atoms with E-state index >= 15 is 0 Å². The third kappa shape index (κ3) is 4.93. The summed E-state index contributed by atoms with van der Waals surface area (Å²) in [6, 6.07) is 5.43. The summed E-state index contributed by atoms with van der Waals surface area (Å²) in [5, 5.41) is 0. The van der Waals surface area contributed by atoms with Crippen molar-refractivity contribution < 1.29 is 19.0 Å². The molecule has 0 aliphatic rings. The fraction of sp³-hybridized carbons (Fsp3) is 0.562. The second-order valence-corrected chi connectivity index (χ2v) is 5.84. The van der Waals surface area contributed by atoms with Crippen molar-refractivity contribution >= 4 is 5.97 Å². The molecule has 0 saturated carbocycles. The summed E-state index contributed by atoms with van der Waals surface area (Å²) in [7, 11) is 4.58.